The number of methoxy groups -OCH3 is 1. The van der Waals surface area contributed by atoms with Crippen LogP contribution in [0.2, 0.25) is 0 Å². The molecule has 9 heteroatoms. The minimum Gasteiger partial charge on any atom is -0.497 e. The molecule has 3 aromatic carbocycles. The molecule has 8 nitrogen and oxygen atoms in total. The Morgan fingerprint density at radius 3 is 2.62 bits per heavy atom. The highest BCUT2D eigenvalue weighted by atomic mass is 19.1. The summed E-state index contributed by atoms with van der Waals surface area (Å²) in [6.07, 6.45) is 3.68. The van der Waals surface area contributed by atoms with E-state index in [1.165, 1.54) is 24.8 Å². The van der Waals surface area contributed by atoms with Crippen molar-refractivity contribution >= 4 is 16.8 Å². The number of carbonyl (C=O) groups excluding carboxylic acids is 1. The van der Waals surface area contributed by atoms with E-state index in [4.69, 9.17) is 13.9 Å². The smallest absolute Gasteiger partial charge is 0.273 e. The molecule has 37 heavy (non-hydrogen) atoms. The summed E-state index contributed by atoms with van der Waals surface area (Å²) < 4.78 is 31.8. The lowest BCUT2D eigenvalue weighted by Crippen LogP contribution is -2.39. The molecule has 0 saturated heterocycles. The lowest BCUT2D eigenvalue weighted by atomic mass is 10.0. The van der Waals surface area contributed by atoms with Gasteiger partial charge >= 0.3 is 0 Å². The second-order valence-electron chi connectivity index (χ2n) is 8.20. The van der Waals surface area contributed by atoms with Gasteiger partial charge < -0.3 is 19.2 Å². The Labute approximate surface area is 213 Å². The number of halogens is 1. The number of hydrogen-bond donors (Lipinski definition) is 1. The molecule has 5 aromatic rings. The number of ether oxygens (including phenoxy) is 2. The first kappa shape index (κ1) is 25.4. The second-order valence-corrected chi connectivity index (χ2v) is 8.20. The number of rotatable bonds is 8. The topological polar surface area (TPSA) is 91.4 Å². The zero-order valence-electron chi connectivity index (χ0n) is 19.6. The molecule has 0 aliphatic rings. The van der Waals surface area contributed by atoms with E-state index in [1.807, 2.05) is 49.4 Å². The standard InChI is InChI=1S/C27H23FN4O4.CH4/c1-17(31-27(33)24-15-35-16-29-24)26(18-4-3-5-22(12-18)34-2)36-23-10-11-25-19(13-23)14-30-32(25)21-8-6-20(28)7-9-21;/h3-17,26H,1-2H3,(H,31,33);1H4/t17-,26-;/m0./s1. The predicted molar refractivity (Wildman–Crippen MR) is 138 cm³/mol. The first-order chi connectivity index (χ1) is 17.5. The highest BCUT2D eigenvalue weighted by Gasteiger charge is 2.25. The number of aromatic nitrogens is 3. The van der Waals surface area contributed by atoms with Gasteiger partial charge in [0.15, 0.2) is 12.1 Å². The molecular formula is C28H27FN4O4. The Bertz CT molecular complexity index is 1480. The Kier molecular flexibility index (Phi) is 7.52. The Morgan fingerprint density at radius 1 is 1.08 bits per heavy atom. The maximum absolute atomic E-state index is 13.3. The summed E-state index contributed by atoms with van der Waals surface area (Å²) in [7, 11) is 1.59. The van der Waals surface area contributed by atoms with E-state index >= 15 is 0 Å². The van der Waals surface area contributed by atoms with Crippen LogP contribution in [0.4, 0.5) is 4.39 Å². The van der Waals surface area contributed by atoms with Crippen molar-refractivity contribution in [2.24, 2.45) is 0 Å². The van der Waals surface area contributed by atoms with Gasteiger partial charge in [-0.1, -0.05) is 19.6 Å². The lowest BCUT2D eigenvalue weighted by molar-refractivity contribution is 0.0877. The van der Waals surface area contributed by atoms with E-state index in [2.05, 4.69) is 15.4 Å². The summed E-state index contributed by atoms with van der Waals surface area (Å²) in [5.41, 5.74) is 2.60. The van der Waals surface area contributed by atoms with E-state index in [0.717, 1.165) is 22.2 Å². The summed E-state index contributed by atoms with van der Waals surface area (Å²) in [5, 5.41) is 8.23. The molecule has 2 atom stereocenters. The quantitative estimate of drug-likeness (QED) is 0.291. The van der Waals surface area contributed by atoms with Crippen LogP contribution in [-0.2, 0) is 0 Å². The van der Waals surface area contributed by atoms with Gasteiger partial charge in [-0.2, -0.15) is 5.10 Å². The number of carbonyl (C=O) groups is 1. The van der Waals surface area contributed by atoms with E-state index in [0.29, 0.717) is 11.5 Å². The summed E-state index contributed by atoms with van der Waals surface area (Å²) in [6, 6.07) is 18.8. The van der Waals surface area contributed by atoms with Crippen molar-refractivity contribution in [2.45, 2.75) is 26.5 Å². The summed E-state index contributed by atoms with van der Waals surface area (Å²) in [4.78, 5) is 16.5. The minimum atomic E-state index is -0.541. The normalized spacial score (nSPS) is 12.4. The monoisotopic (exact) mass is 502 g/mol. The van der Waals surface area contributed by atoms with E-state index in [1.54, 1.807) is 30.1 Å². The number of benzene rings is 3. The fourth-order valence-corrected chi connectivity index (χ4v) is 3.98. The van der Waals surface area contributed by atoms with Crippen molar-refractivity contribution in [1.82, 2.24) is 20.1 Å². The molecule has 2 heterocycles. The van der Waals surface area contributed by atoms with Crippen LogP contribution in [-0.4, -0.2) is 33.8 Å². The first-order valence-electron chi connectivity index (χ1n) is 11.3. The zero-order chi connectivity index (χ0) is 25.1. The second kappa shape index (κ2) is 10.9. The van der Waals surface area contributed by atoms with Crippen molar-refractivity contribution in [2.75, 3.05) is 7.11 Å². The fraction of sp³-hybridized carbons (Fsp3) is 0.179. The molecule has 0 bridgehead atoms. The van der Waals surface area contributed by atoms with Gasteiger partial charge in [-0.25, -0.2) is 14.1 Å². The number of hydrogen-bond acceptors (Lipinski definition) is 6. The van der Waals surface area contributed by atoms with Crippen LogP contribution in [0.5, 0.6) is 11.5 Å². The molecule has 0 aliphatic carbocycles. The Hall–Kier alpha value is -4.66. The molecule has 0 aliphatic heterocycles. The van der Waals surface area contributed by atoms with Crippen molar-refractivity contribution < 1.29 is 23.1 Å². The predicted octanol–water partition coefficient (Wildman–Crippen LogP) is 5.74. The average molecular weight is 503 g/mol. The van der Waals surface area contributed by atoms with Gasteiger partial charge in [0.1, 0.15) is 29.7 Å². The average Bonchev–Trinajstić information content (AvgIpc) is 3.58. The number of fused-ring (bicyclic) bond motifs is 1. The molecule has 1 N–H and O–H groups in total. The molecule has 0 fully saturated rings. The third-order valence-electron chi connectivity index (χ3n) is 5.77. The Balaban J connectivity index is 0.00000320. The third-order valence-corrected chi connectivity index (χ3v) is 5.77. The first-order valence-corrected chi connectivity index (χ1v) is 11.3. The van der Waals surface area contributed by atoms with Crippen LogP contribution in [0.25, 0.3) is 16.6 Å². The van der Waals surface area contributed by atoms with Gasteiger partial charge in [-0.15, -0.1) is 0 Å². The molecular weight excluding hydrogens is 475 g/mol. The summed E-state index contributed by atoms with van der Waals surface area (Å²) in [5.74, 6) is 0.590. The van der Waals surface area contributed by atoms with Gasteiger partial charge in [0.2, 0.25) is 0 Å². The van der Waals surface area contributed by atoms with Crippen LogP contribution in [0, 0.1) is 5.82 Å². The van der Waals surface area contributed by atoms with E-state index in [-0.39, 0.29) is 24.8 Å². The largest absolute Gasteiger partial charge is 0.497 e. The van der Waals surface area contributed by atoms with Crippen LogP contribution in [0.1, 0.15) is 36.5 Å². The van der Waals surface area contributed by atoms with Gasteiger partial charge in [0.05, 0.1) is 30.6 Å². The molecule has 5 rings (SSSR count). The van der Waals surface area contributed by atoms with E-state index < -0.39 is 12.1 Å². The number of oxazole rings is 1. The number of nitrogens with zero attached hydrogens (tertiary/aromatic N) is 3. The van der Waals surface area contributed by atoms with Gasteiger partial charge in [-0.05, 0) is 67.1 Å². The minimum absolute atomic E-state index is 0. The van der Waals surface area contributed by atoms with Crippen molar-refractivity contribution in [3.63, 3.8) is 0 Å². The SMILES string of the molecule is C.COc1cccc([C@@H](Oc2ccc3c(cnn3-c3ccc(F)cc3)c2)[C@H](C)NC(=O)c2cocn2)c1. The summed E-state index contributed by atoms with van der Waals surface area (Å²) >= 11 is 0. The number of nitrogens with one attached hydrogen (secondary N) is 1. The molecule has 190 valence electrons. The maximum atomic E-state index is 13.3. The van der Waals surface area contributed by atoms with Crippen LogP contribution in [0.3, 0.4) is 0 Å². The molecule has 2 aromatic heterocycles. The molecule has 0 saturated carbocycles. The highest BCUT2D eigenvalue weighted by Crippen LogP contribution is 2.30. The Morgan fingerprint density at radius 2 is 1.89 bits per heavy atom. The maximum Gasteiger partial charge on any atom is 0.273 e. The van der Waals surface area contributed by atoms with Crippen LogP contribution in [0.15, 0.2) is 90.0 Å². The molecule has 0 unspecified atom stereocenters. The molecule has 0 spiro atoms. The third kappa shape index (κ3) is 5.45. The van der Waals surface area contributed by atoms with Crippen molar-refractivity contribution in [1.29, 1.82) is 0 Å². The van der Waals surface area contributed by atoms with Gasteiger partial charge in [0.25, 0.3) is 5.91 Å². The van der Waals surface area contributed by atoms with Crippen LogP contribution >= 0.6 is 0 Å². The van der Waals surface area contributed by atoms with Crippen LogP contribution < -0.4 is 14.8 Å². The fourth-order valence-electron chi connectivity index (χ4n) is 3.98. The zero-order valence-corrected chi connectivity index (χ0v) is 19.6. The van der Waals surface area contributed by atoms with Gasteiger partial charge in [-0.3, -0.25) is 4.79 Å². The van der Waals surface area contributed by atoms with Crippen molar-refractivity contribution in [3.05, 3.63) is 103 Å². The van der Waals surface area contributed by atoms with Crippen molar-refractivity contribution in [3.8, 4) is 17.2 Å². The van der Waals surface area contributed by atoms with Gasteiger partial charge in [0, 0.05) is 5.39 Å². The lowest BCUT2D eigenvalue weighted by Gasteiger charge is -2.26. The molecule has 0 radical (unpaired) electrons. The summed E-state index contributed by atoms with van der Waals surface area (Å²) in [6.45, 7) is 1.85. The number of amides is 1. The molecule has 1 amide bonds. The van der Waals surface area contributed by atoms with E-state index in [9.17, 15) is 9.18 Å². The highest BCUT2D eigenvalue weighted by molar-refractivity contribution is 5.92.